The van der Waals surface area contributed by atoms with Gasteiger partial charge in [0.15, 0.2) is 0 Å². The zero-order valence-electron chi connectivity index (χ0n) is 33.2. The molecule has 4 N–H and O–H groups in total. The minimum atomic E-state index is -4.01. The van der Waals surface area contributed by atoms with Crippen LogP contribution < -0.4 is 15.4 Å². The molecule has 17 nitrogen and oxygen atoms in total. The Morgan fingerprint density at radius 2 is 1.21 bits per heavy atom. The fourth-order valence-corrected chi connectivity index (χ4v) is 9.38. The SMILES string of the molecule is COC(=O)N[C@H](C(=O)N1CCC[C@H]1c1ncc(-c2ccc3c(c2)Oc2ccc(-c4cnc([C@@H]5CCCN5C(=O)[C@@H](NC(=O)OC)C(C)C)[nH]4)cc2S3(=O)=O)[nH]1)C(C)C. The summed E-state index contributed by atoms with van der Waals surface area (Å²) < 4.78 is 43.8. The summed E-state index contributed by atoms with van der Waals surface area (Å²) in [5.41, 5.74) is 2.39. The zero-order valence-corrected chi connectivity index (χ0v) is 34.0. The molecular formula is C40H48N8O9S. The number of rotatable bonds is 10. The standard InChI is InChI=1S/C40H48N8O9S/c1-21(2)33(45-39(51)55-5)37(49)47-15-7-9-27(47)35-41-19-25(43-35)23-12-14-31-30(17-23)57-29-13-11-24(18-32(29)58(31,53)54)26-20-42-36(44-26)28-10-8-16-48(28)38(50)34(22(3)4)46-40(52)56-6/h11-14,17-22,27-28,33-34H,7-10,15-16H2,1-6H3,(H,41,43)(H,42,44)(H,45,51)(H,46,52)/t27-,28-,33-,34-/m0/s1. The summed E-state index contributed by atoms with van der Waals surface area (Å²) in [7, 11) is -1.50. The second-order valence-electron chi connectivity index (χ2n) is 15.4. The van der Waals surface area contributed by atoms with Crippen LogP contribution in [0, 0.1) is 11.8 Å². The summed E-state index contributed by atoms with van der Waals surface area (Å²) in [6.45, 7) is 8.42. The van der Waals surface area contributed by atoms with Gasteiger partial charge in [-0.25, -0.2) is 28.0 Å². The van der Waals surface area contributed by atoms with Gasteiger partial charge in [-0.15, -0.1) is 0 Å². The number of hydrogen-bond donors (Lipinski definition) is 4. The van der Waals surface area contributed by atoms with E-state index in [2.05, 4.69) is 30.6 Å². The van der Waals surface area contributed by atoms with Crippen molar-refractivity contribution in [3.05, 3.63) is 60.4 Å². The lowest BCUT2D eigenvalue weighted by molar-refractivity contribution is -0.136. The number of amides is 4. The van der Waals surface area contributed by atoms with Crippen LogP contribution >= 0.6 is 0 Å². The molecule has 2 fully saturated rings. The average molecular weight is 817 g/mol. The van der Waals surface area contributed by atoms with E-state index in [1.807, 2.05) is 27.7 Å². The van der Waals surface area contributed by atoms with E-state index in [9.17, 15) is 27.6 Å². The highest BCUT2D eigenvalue weighted by Gasteiger charge is 2.39. The molecule has 2 aromatic carbocycles. The van der Waals surface area contributed by atoms with Gasteiger partial charge < -0.3 is 44.6 Å². The van der Waals surface area contributed by atoms with E-state index in [-0.39, 0.29) is 57.0 Å². The second kappa shape index (κ2) is 16.2. The van der Waals surface area contributed by atoms with Gasteiger partial charge in [0.25, 0.3) is 0 Å². The number of imidazole rings is 2. The molecule has 2 aromatic heterocycles. The van der Waals surface area contributed by atoms with Gasteiger partial charge in [-0.3, -0.25) is 9.59 Å². The maximum Gasteiger partial charge on any atom is 0.407 e. The number of benzene rings is 2. The Hall–Kier alpha value is -5.91. The first-order valence-corrected chi connectivity index (χ1v) is 20.8. The number of ether oxygens (including phenoxy) is 3. The Morgan fingerprint density at radius 1 is 0.724 bits per heavy atom. The van der Waals surface area contributed by atoms with Crippen LogP contribution in [-0.2, 0) is 28.9 Å². The van der Waals surface area contributed by atoms with Crippen molar-refractivity contribution < 1.29 is 41.8 Å². The first-order chi connectivity index (χ1) is 27.7. The number of sulfone groups is 1. The number of likely N-dealkylation sites (tertiary alicyclic amines) is 2. The lowest BCUT2D eigenvalue weighted by Gasteiger charge is -2.30. The summed E-state index contributed by atoms with van der Waals surface area (Å²) in [4.78, 5) is 70.4. The van der Waals surface area contributed by atoms with Gasteiger partial charge in [0.05, 0.1) is 50.1 Å². The number of carbonyl (C=O) groups excluding carboxylic acids is 4. The number of aromatic amines is 2. The Kier molecular flexibility index (Phi) is 11.2. The number of carbonyl (C=O) groups is 4. The third-order valence-electron chi connectivity index (χ3n) is 11.0. The maximum absolute atomic E-state index is 14.1. The molecule has 18 heteroatoms. The number of H-pyrrole nitrogens is 2. The summed E-state index contributed by atoms with van der Waals surface area (Å²) >= 11 is 0. The van der Waals surface area contributed by atoms with Crippen molar-refractivity contribution in [3.63, 3.8) is 0 Å². The van der Waals surface area contributed by atoms with Crippen molar-refractivity contribution in [2.24, 2.45) is 11.8 Å². The topological polar surface area (TPSA) is 218 Å². The molecule has 0 radical (unpaired) electrons. The van der Waals surface area contributed by atoms with E-state index >= 15 is 0 Å². The molecule has 5 heterocycles. The molecule has 4 aromatic rings. The largest absolute Gasteiger partial charge is 0.455 e. The predicted octanol–water partition coefficient (Wildman–Crippen LogP) is 5.49. The third kappa shape index (κ3) is 7.59. The molecule has 58 heavy (non-hydrogen) atoms. The molecule has 0 saturated carbocycles. The Balaban J connectivity index is 1.08. The quantitative estimate of drug-likeness (QED) is 0.138. The summed E-state index contributed by atoms with van der Waals surface area (Å²) in [5, 5.41) is 5.30. The lowest BCUT2D eigenvalue weighted by Crippen LogP contribution is -2.51. The van der Waals surface area contributed by atoms with Crippen LogP contribution in [0.2, 0.25) is 0 Å². The fourth-order valence-electron chi connectivity index (χ4n) is 7.88. The van der Waals surface area contributed by atoms with Gasteiger partial charge in [-0.05, 0) is 67.9 Å². The van der Waals surface area contributed by atoms with E-state index < -0.39 is 34.1 Å². The van der Waals surface area contributed by atoms with Gasteiger partial charge in [0.1, 0.15) is 45.0 Å². The zero-order chi connectivity index (χ0) is 41.5. The van der Waals surface area contributed by atoms with E-state index in [0.29, 0.717) is 60.1 Å². The van der Waals surface area contributed by atoms with Gasteiger partial charge in [-0.2, -0.15) is 0 Å². The first-order valence-electron chi connectivity index (χ1n) is 19.3. The molecule has 7 rings (SSSR count). The van der Waals surface area contributed by atoms with Crippen molar-refractivity contribution in [1.82, 2.24) is 40.4 Å². The highest BCUT2D eigenvalue weighted by atomic mass is 32.2. The lowest BCUT2D eigenvalue weighted by atomic mass is 10.0. The number of alkyl carbamates (subject to hydrolysis) is 2. The van der Waals surface area contributed by atoms with Crippen molar-refractivity contribution in [2.75, 3.05) is 27.3 Å². The number of aromatic nitrogens is 4. The van der Waals surface area contributed by atoms with Crippen LogP contribution in [0.3, 0.4) is 0 Å². The molecule has 0 spiro atoms. The van der Waals surface area contributed by atoms with E-state index in [1.165, 1.54) is 20.3 Å². The summed E-state index contributed by atoms with van der Waals surface area (Å²) in [5.74, 6) is 0.671. The van der Waals surface area contributed by atoms with Crippen molar-refractivity contribution in [2.45, 2.75) is 87.3 Å². The molecule has 308 valence electrons. The molecule has 3 aliphatic rings. The van der Waals surface area contributed by atoms with Crippen LogP contribution in [0.5, 0.6) is 11.5 Å². The first kappa shape index (κ1) is 40.3. The van der Waals surface area contributed by atoms with Crippen molar-refractivity contribution >= 4 is 33.8 Å². The predicted molar refractivity (Wildman–Crippen MR) is 209 cm³/mol. The van der Waals surface area contributed by atoms with E-state index in [0.717, 1.165) is 12.8 Å². The molecule has 0 bridgehead atoms. The Labute approximate surface area is 336 Å². The van der Waals surface area contributed by atoms with Gasteiger partial charge in [0, 0.05) is 24.2 Å². The third-order valence-corrected chi connectivity index (χ3v) is 12.8. The summed E-state index contributed by atoms with van der Waals surface area (Å²) in [6.07, 6.45) is 4.76. The molecule has 0 unspecified atom stereocenters. The highest BCUT2D eigenvalue weighted by Crippen LogP contribution is 2.45. The molecule has 4 amide bonds. The van der Waals surface area contributed by atoms with E-state index in [1.54, 1.807) is 52.5 Å². The summed E-state index contributed by atoms with van der Waals surface area (Å²) in [6, 6.07) is 7.50. The monoisotopic (exact) mass is 816 g/mol. The number of methoxy groups -OCH3 is 2. The molecule has 4 atom stereocenters. The number of nitrogens with zero attached hydrogens (tertiary/aromatic N) is 4. The van der Waals surface area contributed by atoms with Crippen LogP contribution in [0.1, 0.15) is 77.1 Å². The van der Waals surface area contributed by atoms with Crippen LogP contribution in [0.4, 0.5) is 9.59 Å². The van der Waals surface area contributed by atoms with Crippen LogP contribution in [-0.4, -0.2) is 102 Å². The maximum atomic E-state index is 14.1. The van der Waals surface area contributed by atoms with Gasteiger partial charge in [0.2, 0.25) is 21.7 Å². The highest BCUT2D eigenvalue weighted by molar-refractivity contribution is 7.91. The number of fused-ring (bicyclic) bond motifs is 2. The molecule has 2 saturated heterocycles. The van der Waals surface area contributed by atoms with Crippen molar-refractivity contribution in [1.29, 1.82) is 0 Å². The van der Waals surface area contributed by atoms with Gasteiger partial charge in [-0.1, -0.05) is 33.8 Å². The van der Waals surface area contributed by atoms with E-state index in [4.69, 9.17) is 14.2 Å². The number of nitrogens with one attached hydrogen (secondary N) is 4. The second-order valence-corrected chi connectivity index (χ2v) is 17.3. The normalized spacial score (nSPS) is 19.2. The number of hydrogen-bond acceptors (Lipinski definition) is 11. The molecular weight excluding hydrogens is 769 g/mol. The molecule has 3 aliphatic heterocycles. The average Bonchev–Trinajstić information content (AvgIpc) is 4.05. The molecule has 0 aliphatic carbocycles. The minimum absolute atomic E-state index is 0.00365. The minimum Gasteiger partial charge on any atom is -0.455 e. The smallest absolute Gasteiger partial charge is 0.407 e. The van der Waals surface area contributed by atoms with Gasteiger partial charge >= 0.3 is 12.2 Å². The van der Waals surface area contributed by atoms with Crippen molar-refractivity contribution in [3.8, 4) is 34.0 Å². The Morgan fingerprint density at radius 3 is 1.69 bits per heavy atom. The fraction of sp³-hybridized carbons (Fsp3) is 0.450. The van der Waals surface area contributed by atoms with Crippen LogP contribution in [0.15, 0.2) is 58.6 Å². The van der Waals surface area contributed by atoms with Crippen LogP contribution in [0.25, 0.3) is 22.5 Å². The Bertz CT molecular complexity index is 2340.